The van der Waals surface area contributed by atoms with Crippen molar-refractivity contribution in [3.05, 3.63) is 10.6 Å². The summed E-state index contributed by atoms with van der Waals surface area (Å²) in [6.45, 7) is 5.71. The van der Waals surface area contributed by atoms with Crippen LogP contribution in [-0.2, 0) is 0 Å². The standard InChI is InChI=1S/C11H16BrN3OS/c1-7(2)9-10(17-14-13-9)11(16)15-5-3-4-8(12)6-15/h7-8H,3-6H2,1-2H3. The van der Waals surface area contributed by atoms with Crippen LogP contribution in [0.3, 0.4) is 0 Å². The van der Waals surface area contributed by atoms with Crippen LogP contribution in [0, 0.1) is 0 Å². The molecule has 6 heteroatoms. The number of likely N-dealkylation sites (tertiary alicyclic amines) is 1. The van der Waals surface area contributed by atoms with Crippen LogP contribution in [0.25, 0.3) is 0 Å². The fraction of sp³-hybridized carbons (Fsp3) is 0.727. The normalized spacial score (nSPS) is 20.9. The third-order valence-corrected chi connectivity index (χ3v) is 4.38. The van der Waals surface area contributed by atoms with E-state index >= 15 is 0 Å². The summed E-state index contributed by atoms with van der Waals surface area (Å²) in [5, 5.41) is 4.06. The van der Waals surface area contributed by atoms with Crippen molar-refractivity contribution < 1.29 is 4.79 Å². The van der Waals surface area contributed by atoms with Gasteiger partial charge < -0.3 is 4.90 Å². The van der Waals surface area contributed by atoms with Gasteiger partial charge in [-0.2, -0.15) is 0 Å². The SMILES string of the molecule is CC(C)c1nnsc1C(=O)N1CCCC(Br)C1. The van der Waals surface area contributed by atoms with E-state index < -0.39 is 0 Å². The van der Waals surface area contributed by atoms with Crippen molar-refractivity contribution in [3.63, 3.8) is 0 Å². The first-order chi connectivity index (χ1) is 8.09. The number of amides is 1. The Morgan fingerprint density at radius 3 is 3.00 bits per heavy atom. The molecule has 0 saturated carbocycles. The van der Waals surface area contributed by atoms with Crippen molar-refractivity contribution in [3.8, 4) is 0 Å². The average molecular weight is 318 g/mol. The van der Waals surface area contributed by atoms with Crippen LogP contribution >= 0.6 is 27.5 Å². The number of hydrogen-bond acceptors (Lipinski definition) is 4. The molecule has 0 radical (unpaired) electrons. The Morgan fingerprint density at radius 1 is 1.59 bits per heavy atom. The Kier molecular flexibility index (Phi) is 4.14. The predicted octanol–water partition coefficient (Wildman–Crippen LogP) is 2.66. The second-order valence-electron chi connectivity index (χ2n) is 4.63. The minimum atomic E-state index is 0.0906. The Balaban J connectivity index is 2.16. The van der Waals surface area contributed by atoms with Gasteiger partial charge in [0, 0.05) is 17.9 Å². The number of rotatable bonds is 2. The maximum absolute atomic E-state index is 12.4. The van der Waals surface area contributed by atoms with Crippen LogP contribution in [0.1, 0.15) is 48.0 Å². The topological polar surface area (TPSA) is 46.1 Å². The zero-order valence-electron chi connectivity index (χ0n) is 10.0. The van der Waals surface area contributed by atoms with Crippen LogP contribution in [0.15, 0.2) is 0 Å². The molecule has 94 valence electrons. The molecule has 1 aromatic heterocycles. The Morgan fingerprint density at radius 2 is 2.35 bits per heavy atom. The highest BCUT2D eigenvalue weighted by Gasteiger charge is 2.27. The molecule has 0 aromatic carbocycles. The molecule has 1 aliphatic rings. The van der Waals surface area contributed by atoms with Crippen LogP contribution in [-0.4, -0.2) is 38.3 Å². The molecule has 2 heterocycles. The average Bonchev–Trinajstić information content (AvgIpc) is 2.77. The minimum Gasteiger partial charge on any atom is -0.337 e. The van der Waals surface area contributed by atoms with Crippen molar-refractivity contribution in [1.82, 2.24) is 14.5 Å². The van der Waals surface area contributed by atoms with Gasteiger partial charge >= 0.3 is 0 Å². The van der Waals surface area contributed by atoms with E-state index in [0.29, 0.717) is 9.70 Å². The molecule has 1 atom stereocenters. The van der Waals surface area contributed by atoms with Crippen LogP contribution in [0.5, 0.6) is 0 Å². The molecule has 1 saturated heterocycles. The van der Waals surface area contributed by atoms with Crippen LogP contribution < -0.4 is 0 Å². The van der Waals surface area contributed by atoms with Crippen molar-refractivity contribution in [2.45, 2.75) is 37.4 Å². The second-order valence-corrected chi connectivity index (χ2v) is 6.68. The van der Waals surface area contributed by atoms with Crippen LogP contribution in [0.4, 0.5) is 0 Å². The van der Waals surface area contributed by atoms with Gasteiger partial charge in [0.05, 0.1) is 5.69 Å². The van der Waals surface area contributed by atoms with Crippen molar-refractivity contribution in [1.29, 1.82) is 0 Å². The minimum absolute atomic E-state index is 0.0906. The maximum Gasteiger partial charge on any atom is 0.267 e. The summed E-state index contributed by atoms with van der Waals surface area (Å²) >= 11 is 4.80. The lowest BCUT2D eigenvalue weighted by molar-refractivity contribution is 0.0733. The molecule has 1 aromatic rings. The summed E-state index contributed by atoms with van der Waals surface area (Å²) in [6.07, 6.45) is 2.20. The van der Waals surface area contributed by atoms with Gasteiger partial charge in [-0.25, -0.2) is 0 Å². The first-order valence-corrected chi connectivity index (χ1v) is 7.54. The van der Waals surface area contributed by atoms with Crippen LogP contribution in [0.2, 0.25) is 0 Å². The van der Waals surface area contributed by atoms with E-state index in [-0.39, 0.29) is 11.8 Å². The number of carbonyl (C=O) groups is 1. The number of hydrogen-bond donors (Lipinski definition) is 0. The second kappa shape index (κ2) is 5.44. The van der Waals surface area contributed by atoms with E-state index in [0.717, 1.165) is 31.6 Å². The quantitative estimate of drug-likeness (QED) is 0.788. The molecule has 0 aliphatic carbocycles. The lowest BCUT2D eigenvalue weighted by Gasteiger charge is -2.29. The summed E-state index contributed by atoms with van der Waals surface area (Å²) in [7, 11) is 0. The fourth-order valence-electron chi connectivity index (χ4n) is 1.98. The first-order valence-electron chi connectivity index (χ1n) is 5.85. The maximum atomic E-state index is 12.4. The molecule has 1 amide bonds. The highest BCUT2D eigenvalue weighted by Crippen LogP contribution is 2.24. The molecule has 2 rings (SSSR count). The molecule has 1 unspecified atom stereocenters. The summed E-state index contributed by atoms with van der Waals surface area (Å²) < 4.78 is 3.91. The third kappa shape index (κ3) is 2.85. The van der Waals surface area contributed by atoms with Gasteiger partial charge in [-0.15, -0.1) is 5.10 Å². The van der Waals surface area contributed by atoms with E-state index in [1.807, 2.05) is 18.7 Å². The fourth-order valence-corrected chi connectivity index (χ4v) is 3.44. The Labute approximate surface area is 114 Å². The molecule has 4 nitrogen and oxygen atoms in total. The zero-order valence-corrected chi connectivity index (χ0v) is 12.4. The molecule has 0 bridgehead atoms. The largest absolute Gasteiger partial charge is 0.337 e. The molecular formula is C11H16BrN3OS. The summed E-state index contributed by atoms with van der Waals surface area (Å²) in [4.78, 5) is 15.4. The molecule has 17 heavy (non-hydrogen) atoms. The van der Waals surface area contributed by atoms with Gasteiger partial charge in [0.15, 0.2) is 0 Å². The third-order valence-electron chi connectivity index (χ3n) is 2.91. The Hall–Kier alpha value is -0.490. The van der Waals surface area contributed by atoms with Gasteiger partial charge in [0.25, 0.3) is 5.91 Å². The molecule has 1 aliphatic heterocycles. The number of halogens is 1. The van der Waals surface area contributed by atoms with E-state index in [1.54, 1.807) is 0 Å². The number of nitrogens with zero attached hydrogens (tertiary/aromatic N) is 3. The highest BCUT2D eigenvalue weighted by molar-refractivity contribution is 9.09. The van der Waals surface area contributed by atoms with E-state index in [9.17, 15) is 4.79 Å². The molecule has 0 N–H and O–H groups in total. The van der Waals surface area contributed by atoms with E-state index in [2.05, 4.69) is 25.5 Å². The smallest absolute Gasteiger partial charge is 0.267 e. The van der Waals surface area contributed by atoms with Crippen molar-refractivity contribution in [2.24, 2.45) is 0 Å². The summed E-state index contributed by atoms with van der Waals surface area (Å²) in [6, 6.07) is 0. The molecule has 0 spiro atoms. The summed E-state index contributed by atoms with van der Waals surface area (Å²) in [5.74, 6) is 0.338. The van der Waals surface area contributed by atoms with E-state index in [1.165, 1.54) is 11.5 Å². The zero-order chi connectivity index (χ0) is 12.4. The first kappa shape index (κ1) is 13.0. The van der Waals surface area contributed by atoms with Gasteiger partial charge in [0.2, 0.25) is 0 Å². The lowest BCUT2D eigenvalue weighted by Crippen LogP contribution is -2.40. The van der Waals surface area contributed by atoms with Gasteiger partial charge in [-0.1, -0.05) is 34.3 Å². The number of carbonyl (C=O) groups excluding carboxylic acids is 1. The monoisotopic (exact) mass is 317 g/mol. The predicted molar refractivity (Wildman–Crippen MR) is 71.9 cm³/mol. The van der Waals surface area contributed by atoms with Crippen molar-refractivity contribution in [2.75, 3.05) is 13.1 Å². The molecular weight excluding hydrogens is 302 g/mol. The van der Waals surface area contributed by atoms with Gasteiger partial charge in [-0.05, 0) is 30.3 Å². The molecule has 1 fully saturated rings. The Bertz CT molecular complexity index is 407. The van der Waals surface area contributed by atoms with Gasteiger partial charge in [0.1, 0.15) is 4.88 Å². The van der Waals surface area contributed by atoms with Crippen molar-refractivity contribution >= 4 is 33.4 Å². The summed E-state index contributed by atoms with van der Waals surface area (Å²) in [5.41, 5.74) is 0.830. The number of piperidine rings is 1. The lowest BCUT2D eigenvalue weighted by atomic mass is 10.1. The van der Waals surface area contributed by atoms with E-state index in [4.69, 9.17) is 0 Å². The number of aromatic nitrogens is 2. The van der Waals surface area contributed by atoms with Gasteiger partial charge in [-0.3, -0.25) is 4.79 Å². The number of alkyl halides is 1. The highest BCUT2D eigenvalue weighted by atomic mass is 79.9.